The van der Waals surface area contributed by atoms with Crippen molar-refractivity contribution in [2.24, 2.45) is 0 Å². The van der Waals surface area contributed by atoms with Crippen LogP contribution in [0.15, 0.2) is 22.7 Å². The number of fused-ring (bicyclic) bond motifs is 3. The zero-order valence-electron chi connectivity index (χ0n) is 23.6. The Labute approximate surface area is 228 Å². The first-order valence-electron chi connectivity index (χ1n) is 14.4. The minimum absolute atomic E-state index is 0.137. The number of hydrogen-bond donors (Lipinski definition) is 0. The van der Waals surface area contributed by atoms with Crippen LogP contribution in [-0.4, -0.2) is 72.6 Å². The average molecular weight is 539 g/mol. The monoisotopic (exact) mass is 538 g/mol. The van der Waals surface area contributed by atoms with E-state index in [0.717, 1.165) is 62.7 Å². The lowest BCUT2D eigenvalue weighted by Crippen LogP contribution is -2.54. The number of amides is 1. The van der Waals surface area contributed by atoms with Crippen LogP contribution in [0, 0.1) is 5.82 Å². The molecule has 6 rings (SSSR count). The normalized spacial score (nSPS) is 24.7. The van der Waals surface area contributed by atoms with Gasteiger partial charge in [0, 0.05) is 29.4 Å². The summed E-state index contributed by atoms with van der Waals surface area (Å²) in [6.07, 6.45) is 5.81. The van der Waals surface area contributed by atoms with Crippen molar-refractivity contribution in [1.82, 2.24) is 29.7 Å². The highest BCUT2D eigenvalue weighted by Gasteiger charge is 2.46. The molecule has 10 heteroatoms. The summed E-state index contributed by atoms with van der Waals surface area (Å²) in [6.45, 7) is 11.8. The number of halogens is 1. The standard InChI is InChI=1S/C29H39FN6O3/c1-17(2)24-22-7-6-8-23(30)25(22)36(32-24)27-31-26(39-33-27)18-11-13-34(14-12-18)21-15-19-9-10-20(16-21)35(19)28(37)38-29(3,4)5/h6-8,17-21H,9-16H2,1-5H3. The van der Waals surface area contributed by atoms with Crippen LogP contribution in [0.1, 0.15) is 96.6 Å². The third kappa shape index (κ3) is 4.92. The molecule has 3 fully saturated rings. The average Bonchev–Trinajstić information content (AvgIpc) is 3.58. The Morgan fingerprint density at radius 3 is 2.41 bits per heavy atom. The molecule has 2 unspecified atom stereocenters. The van der Waals surface area contributed by atoms with Crippen LogP contribution in [0.25, 0.3) is 16.9 Å². The van der Waals surface area contributed by atoms with Gasteiger partial charge in [0.1, 0.15) is 16.9 Å². The van der Waals surface area contributed by atoms with Crippen molar-refractivity contribution in [3.05, 3.63) is 35.6 Å². The summed E-state index contributed by atoms with van der Waals surface area (Å²) in [6, 6.07) is 6.04. The Kier molecular flexibility index (Phi) is 6.64. The summed E-state index contributed by atoms with van der Waals surface area (Å²) in [5, 5.41) is 9.63. The number of likely N-dealkylation sites (tertiary alicyclic amines) is 1. The molecule has 2 aromatic heterocycles. The maximum absolute atomic E-state index is 14.8. The Bertz CT molecular complexity index is 1340. The van der Waals surface area contributed by atoms with E-state index in [0.29, 0.717) is 17.4 Å². The van der Waals surface area contributed by atoms with Gasteiger partial charge in [0.2, 0.25) is 5.89 Å². The molecule has 2 atom stereocenters. The fraction of sp³-hybridized carbons (Fsp3) is 0.655. The molecular weight excluding hydrogens is 499 g/mol. The number of aromatic nitrogens is 4. The quantitative estimate of drug-likeness (QED) is 0.416. The summed E-state index contributed by atoms with van der Waals surface area (Å²) in [7, 11) is 0. The van der Waals surface area contributed by atoms with Gasteiger partial charge in [-0.05, 0) is 89.5 Å². The molecule has 3 aliphatic heterocycles. The minimum Gasteiger partial charge on any atom is -0.444 e. The van der Waals surface area contributed by atoms with Crippen LogP contribution in [0.3, 0.4) is 0 Å². The predicted molar refractivity (Wildman–Crippen MR) is 144 cm³/mol. The van der Waals surface area contributed by atoms with Crippen LogP contribution < -0.4 is 0 Å². The topological polar surface area (TPSA) is 89.5 Å². The summed E-state index contributed by atoms with van der Waals surface area (Å²) >= 11 is 0. The molecule has 3 aliphatic rings. The van der Waals surface area contributed by atoms with E-state index in [-0.39, 0.29) is 41.8 Å². The molecule has 9 nitrogen and oxygen atoms in total. The number of hydrogen-bond acceptors (Lipinski definition) is 7. The highest BCUT2D eigenvalue weighted by molar-refractivity contribution is 5.84. The maximum atomic E-state index is 14.8. The van der Waals surface area contributed by atoms with Gasteiger partial charge in [-0.25, -0.2) is 9.18 Å². The zero-order valence-corrected chi connectivity index (χ0v) is 23.6. The molecule has 0 aliphatic carbocycles. The first kappa shape index (κ1) is 26.2. The summed E-state index contributed by atoms with van der Waals surface area (Å²) in [5.41, 5.74) is 0.728. The number of para-hydroxylation sites is 1. The van der Waals surface area contributed by atoms with E-state index in [2.05, 4.69) is 20.1 Å². The van der Waals surface area contributed by atoms with E-state index in [1.165, 1.54) is 10.7 Å². The number of carbonyl (C=O) groups excluding carboxylic acids is 1. The van der Waals surface area contributed by atoms with Gasteiger partial charge in [0.15, 0.2) is 0 Å². The van der Waals surface area contributed by atoms with Crippen molar-refractivity contribution in [3.63, 3.8) is 0 Å². The van der Waals surface area contributed by atoms with E-state index in [4.69, 9.17) is 9.26 Å². The Morgan fingerprint density at radius 2 is 1.77 bits per heavy atom. The smallest absolute Gasteiger partial charge is 0.410 e. The Morgan fingerprint density at radius 1 is 1.08 bits per heavy atom. The van der Waals surface area contributed by atoms with Crippen LogP contribution in [0.4, 0.5) is 9.18 Å². The second-order valence-corrected chi connectivity index (χ2v) is 12.7. The molecule has 1 aromatic carbocycles. The number of nitrogens with zero attached hydrogens (tertiary/aromatic N) is 6. The lowest BCUT2D eigenvalue weighted by Gasteiger charge is -2.45. The van der Waals surface area contributed by atoms with Crippen LogP contribution >= 0.6 is 0 Å². The molecule has 3 aromatic rings. The predicted octanol–water partition coefficient (Wildman–Crippen LogP) is 5.78. The van der Waals surface area contributed by atoms with Crippen LogP contribution in [0.5, 0.6) is 0 Å². The number of benzene rings is 1. The summed E-state index contributed by atoms with van der Waals surface area (Å²) in [5.74, 6) is 0.823. The van der Waals surface area contributed by atoms with Gasteiger partial charge in [-0.15, -0.1) is 0 Å². The minimum atomic E-state index is -0.473. The molecule has 210 valence electrons. The van der Waals surface area contributed by atoms with E-state index < -0.39 is 5.60 Å². The lowest BCUT2D eigenvalue weighted by atomic mass is 9.91. The van der Waals surface area contributed by atoms with E-state index >= 15 is 0 Å². The van der Waals surface area contributed by atoms with Crippen LogP contribution in [0.2, 0.25) is 0 Å². The molecule has 5 heterocycles. The molecule has 0 saturated carbocycles. The molecule has 1 amide bonds. The number of carbonyl (C=O) groups is 1. The lowest BCUT2D eigenvalue weighted by molar-refractivity contribution is -0.00678. The van der Waals surface area contributed by atoms with E-state index in [9.17, 15) is 9.18 Å². The fourth-order valence-electron chi connectivity index (χ4n) is 6.77. The second kappa shape index (κ2) is 9.87. The van der Waals surface area contributed by atoms with Gasteiger partial charge in [-0.3, -0.25) is 0 Å². The molecular formula is C29H39FN6O3. The van der Waals surface area contributed by atoms with Gasteiger partial charge in [-0.1, -0.05) is 26.0 Å². The Balaban J connectivity index is 1.11. The van der Waals surface area contributed by atoms with Gasteiger partial charge in [0.05, 0.1) is 5.69 Å². The number of ether oxygens (including phenoxy) is 1. The van der Waals surface area contributed by atoms with Gasteiger partial charge >= 0.3 is 6.09 Å². The van der Waals surface area contributed by atoms with Gasteiger partial charge in [-0.2, -0.15) is 14.8 Å². The first-order valence-corrected chi connectivity index (χ1v) is 14.4. The highest BCUT2D eigenvalue weighted by atomic mass is 19.1. The molecule has 0 spiro atoms. The van der Waals surface area contributed by atoms with E-state index in [1.54, 1.807) is 6.07 Å². The van der Waals surface area contributed by atoms with Crippen molar-refractivity contribution in [2.45, 2.75) is 109 Å². The maximum Gasteiger partial charge on any atom is 0.410 e. The second-order valence-electron chi connectivity index (χ2n) is 12.7. The molecule has 3 saturated heterocycles. The summed E-state index contributed by atoms with van der Waals surface area (Å²) < 4.78 is 27.7. The highest BCUT2D eigenvalue weighted by Crippen LogP contribution is 2.40. The van der Waals surface area contributed by atoms with Crippen LogP contribution in [-0.2, 0) is 4.74 Å². The third-order valence-electron chi connectivity index (χ3n) is 8.56. The molecule has 0 radical (unpaired) electrons. The fourth-order valence-corrected chi connectivity index (χ4v) is 6.77. The largest absolute Gasteiger partial charge is 0.444 e. The van der Waals surface area contributed by atoms with Crippen molar-refractivity contribution in [2.75, 3.05) is 13.1 Å². The van der Waals surface area contributed by atoms with Gasteiger partial charge < -0.3 is 19.1 Å². The van der Waals surface area contributed by atoms with E-state index in [1.807, 2.05) is 45.6 Å². The van der Waals surface area contributed by atoms with Crippen molar-refractivity contribution in [3.8, 4) is 5.95 Å². The summed E-state index contributed by atoms with van der Waals surface area (Å²) in [4.78, 5) is 22.1. The van der Waals surface area contributed by atoms with Crippen molar-refractivity contribution in [1.29, 1.82) is 0 Å². The SMILES string of the molecule is CC(C)c1nn(-c2noc(C3CCN(C4CC5CCC(C4)N5C(=O)OC(C)(C)C)CC3)n2)c2c(F)cccc12. The van der Waals surface area contributed by atoms with Crippen molar-refractivity contribution >= 4 is 17.0 Å². The molecule has 39 heavy (non-hydrogen) atoms. The molecule has 2 bridgehead atoms. The zero-order chi connectivity index (χ0) is 27.5. The Hall–Kier alpha value is -3.01. The number of piperidine rings is 2. The number of rotatable bonds is 4. The first-order chi connectivity index (χ1) is 18.6. The van der Waals surface area contributed by atoms with Crippen molar-refractivity contribution < 1.29 is 18.4 Å². The third-order valence-corrected chi connectivity index (χ3v) is 8.56. The molecule has 0 N–H and O–H groups in total. The van der Waals surface area contributed by atoms with Gasteiger partial charge in [0.25, 0.3) is 5.95 Å².